The number of carbonyl (C=O) groups excluding carboxylic acids is 1. The number of fused-ring (bicyclic) bond motifs is 2. The molecule has 2 atom stereocenters. The molecule has 0 radical (unpaired) electrons. The highest BCUT2D eigenvalue weighted by Gasteiger charge is 2.81. The molecule has 3 saturated carbocycles. The van der Waals surface area contributed by atoms with Gasteiger partial charge >= 0.3 is 7.12 Å². The third kappa shape index (κ3) is 2.27. The molecule has 3 saturated heterocycles. The minimum absolute atomic E-state index is 0.244. The van der Waals surface area contributed by atoms with E-state index in [0.29, 0.717) is 12.1 Å². The van der Waals surface area contributed by atoms with Gasteiger partial charge in [-0.3, -0.25) is 9.69 Å². The van der Waals surface area contributed by atoms with Gasteiger partial charge in [-0.15, -0.1) is 0 Å². The highest BCUT2D eigenvalue weighted by molar-refractivity contribution is 6.62. The van der Waals surface area contributed by atoms with Crippen molar-refractivity contribution in [1.29, 1.82) is 0 Å². The molecule has 0 N–H and O–H groups in total. The molecule has 8 rings (SSSR count). The lowest BCUT2D eigenvalue weighted by molar-refractivity contribution is -0.123. The monoisotopic (exact) mass is 420 g/mol. The first-order valence-electron chi connectivity index (χ1n) is 12.1. The highest BCUT2D eigenvalue weighted by atomic mass is 16.7. The molecule has 2 bridgehead atoms. The van der Waals surface area contributed by atoms with Gasteiger partial charge in [-0.1, -0.05) is 12.1 Å². The Hall–Kier alpha value is -1.37. The van der Waals surface area contributed by atoms with Crippen LogP contribution in [0.4, 0.5) is 5.69 Å². The van der Waals surface area contributed by atoms with Crippen LogP contribution in [-0.2, 0) is 19.5 Å². The molecule has 0 spiro atoms. The molecule has 1 aromatic rings. The maximum Gasteiger partial charge on any atom is 0.494 e. The van der Waals surface area contributed by atoms with Crippen molar-refractivity contribution < 1.29 is 14.1 Å². The van der Waals surface area contributed by atoms with E-state index < -0.39 is 12.5 Å². The van der Waals surface area contributed by atoms with Crippen LogP contribution < -0.4 is 10.4 Å². The Labute approximate surface area is 185 Å². The quantitative estimate of drug-likeness (QED) is 0.706. The Morgan fingerprint density at radius 3 is 2.19 bits per heavy atom. The molecule has 4 aliphatic heterocycles. The summed E-state index contributed by atoms with van der Waals surface area (Å²) in [4.78, 5) is 18.4. The second-order valence-electron chi connectivity index (χ2n) is 12.4. The summed E-state index contributed by atoms with van der Waals surface area (Å²) >= 11 is 0. The van der Waals surface area contributed by atoms with Gasteiger partial charge in [-0.2, -0.15) is 0 Å². The van der Waals surface area contributed by atoms with Gasteiger partial charge in [0.25, 0.3) is 0 Å². The summed E-state index contributed by atoms with van der Waals surface area (Å²) in [6.45, 7) is 13.8. The van der Waals surface area contributed by atoms with Crippen molar-refractivity contribution >= 4 is 24.2 Å². The SMILES string of the molecule is CC1(C)C(=O)N([C@H]2C[C@@H](N3C[C@H]4C5C4[C@H]53)C2)c2cc(B3OC(C)(C)C(C)(C)O3)ccc21. The second-order valence-corrected chi connectivity index (χ2v) is 12.4. The number of rotatable bonds is 3. The average molecular weight is 420 g/mol. The van der Waals surface area contributed by atoms with E-state index in [9.17, 15) is 4.79 Å². The molecule has 6 heteroatoms. The summed E-state index contributed by atoms with van der Waals surface area (Å²) in [7, 11) is -0.399. The largest absolute Gasteiger partial charge is 0.494 e. The zero-order chi connectivity index (χ0) is 21.7. The molecule has 7 aliphatic rings. The van der Waals surface area contributed by atoms with Crippen molar-refractivity contribution in [3.8, 4) is 0 Å². The van der Waals surface area contributed by atoms with Gasteiger partial charge in [-0.25, -0.2) is 0 Å². The van der Waals surface area contributed by atoms with Crippen molar-refractivity contribution in [1.82, 2.24) is 4.90 Å². The summed E-state index contributed by atoms with van der Waals surface area (Å²) in [6, 6.07) is 8.28. The van der Waals surface area contributed by atoms with Crippen LogP contribution in [-0.4, -0.2) is 53.8 Å². The lowest BCUT2D eigenvalue weighted by Crippen LogP contribution is -2.56. The number of hydrogen-bond acceptors (Lipinski definition) is 4. The van der Waals surface area contributed by atoms with Gasteiger partial charge in [-0.05, 0) is 89.2 Å². The Bertz CT molecular complexity index is 981. The van der Waals surface area contributed by atoms with E-state index in [4.69, 9.17) is 9.31 Å². The molecular formula is C25H33BN2O3. The van der Waals surface area contributed by atoms with Crippen molar-refractivity contribution in [2.24, 2.45) is 17.8 Å². The summed E-state index contributed by atoms with van der Waals surface area (Å²) < 4.78 is 12.6. The smallest absolute Gasteiger partial charge is 0.399 e. The van der Waals surface area contributed by atoms with Gasteiger partial charge in [0.05, 0.1) is 16.6 Å². The fraction of sp³-hybridized carbons (Fsp3) is 0.720. The van der Waals surface area contributed by atoms with Crippen LogP contribution in [0.3, 0.4) is 0 Å². The maximum absolute atomic E-state index is 13.5. The van der Waals surface area contributed by atoms with E-state index in [-0.39, 0.29) is 17.1 Å². The fourth-order valence-electron chi connectivity index (χ4n) is 6.91. The van der Waals surface area contributed by atoms with Gasteiger partial charge in [0, 0.05) is 30.4 Å². The summed E-state index contributed by atoms with van der Waals surface area (Å²) in [5.41, 5.74) is 1.99. The van der Waals surface area contributed by atoms with Gasteiger partial charge in [0.1, 0.15) is 0 Å². The lowest BCUT2D eigenvalue weighted by atomic mass is 9.76. The van der Waals surface area contributed by atoms with Crippen molar-refractivity contribution in [3.63, 3.8) is 0 Å². The normalized spacial score (nSPS) is 42.5. The number of hydrogen-bond donors (Lipinski definition) is 0. The fourth-order valence-corrected chi connectivity index (χ4v) is 6.91. The third-order valence-corrected chi connectivity index (χ3v) is 9.90. The molecule has 0 aromatic heterocycles. The molecule has 1 aromatic carbocycles. The summed E-state index contributed by atoms with van der Waals surface area (Å²) in [6.07, 6.45) is 2.23. The molecule has 1 amide bonds. The maximum atomic E-state index is 13.5. The van der Waals surface area contributed by atoms with E-state index in [1.54, 1.807) is 0 Å². The number of carbonyl (C=O) groups is 1. The Balaban J connectivity index is 1.16. The van der Waals surface area contributed by atoms with E-state index in [0.717, 1.165) is 53.4 Å². The molecule has 164 valence electrons. The predicted octanol–water partition coefficient (Wildman–Crippen LogP) is 2.70. The van der Waals surface area contributed by atoms with Crippen LogP contribution >= 0.6 is 0 Å². The number of anilines is 1. The van der Waals surface area contributed by atoms with Crippen molar-refractivity contribution in [3.05, 3.63) is 23.8 Å². The lowest BCUT2D eigenvalue weighted by Gasteiger charge is -2.46. The Morgan fingerprint density at radius 1 is 0.968 bits per heavy atom. The minimum atomic E-state index is -0.478. The number of nitrogens with zero attached hydrogens (tertiary/aromatic N) is 2. The van der Waals surface area contributed by atoms with Crippen LogP contribution in [0.15, 0.2) is 18.2 Å². The molecule has 6 fully saturated rings. The zero-order valence-corrected chi connectivity index (χ0v) is 19.5. The molecule has 5 nitrogen and oxygen atoms in total. The van der Waals surface area contributed by atoms with Gasteiger partial charge in [0.2, 0.25) is 5.91 Å². The average Bonchev–Trinajstić information content (AvgIpc) is 3.40. The molecule has 3 aliphatic carbocycles. The van der Waals surface area contributed by atoms with E-state index in [1.165, 1.54) is 6.54 Å². The number of benzene rings is 1. The zero-order valence-electron chi connectivity index (χ0n) is 19.5. The topological polar surface area (TPSA) is 42.0 Å². The van der Waals surface area contributed by atoms with Gasteiger partial charge < -0.3 is 14.2 Å². The van der Waals surface area contributed by atoms with E-state index >= 15 is 0 Å². The third-order valence-electron chi connectivity index (χ3n) is 9.90. The van der Waals surface area contributed by atoms with Crippen molar-refractivity contribution in [2.45, 2.75) is 89.1 Å². The summed E-state index contributed by atoms with van der Waals surface area (Å²) in [5, 5.41) is 0. The Morgan fingerprint density at radius 2 is 1.61 bits per heavy atom. The molecule has 2 unspecified atom stereocenters. The standard InChI is InChI=1S/C25H33BN2O3/c1-23(2)17-8-7-13(26-30-24(3,4)25(5,6)31-26)9-18(17)28(22(23)29)15-10-14(11-15)27-12-16-19-20(16)21(19)27/h7-9,14-16,19-21H,10-12H2,1-6H3/t14-,15+,16-,19?,20?,21-. The van der Waals surface area contributed by atoms with Gasteiger partial charge in [0.15, 0.2) is 0 Å². The van der Waals surface area contributed by atoms with E-state index in [1.807, 2.05) is 0 Å². The van der Waals surface area contributed by atoms with Crippen LogP contribution in [0, 0.1) is 17.8 Å². The molecular weight excluding hydrogens is 387 g/mol. The first kappa shape index (κ1) is 19.1. The number of piperidine rings is 1. The van der Waals surface area contributed by atoms with Crippen LogP contribution in [0.1, 0.15) is 59.9 Å². The second kappa shape index (κ2) is 5.40. The first-order chi connectivity index (χ1) is 14.5. The summed E-state index contributed by atoms with van der Waals surface area (Å²) in [5.74, 6) is 3.37. The number of amides is 1. The van der Waals surface area contributed by atoms with Crippen LogP contribution in [0.2, 0.25) is 0 Å². The van der Waals surface area contributed by atoms with Crippen molar-refractivity contribution in [2.75, 3.05) is 11.4 Å². The predicted molar refractivity (Wildman–Crippen MR) is 120 cm³/mol. The molecule has 31 heavy (non-hydrogen) atoms. The first-order valence-corrected chi connectivity index (χ1v) is 12.1. The van der Waals surface area contributed by atoms with E-state index in [2.05, 4.69) is 69.5 Å². The van der Waals surface area contributed by atoms with Crippen LogP contribution in [0.5, 0.6) is 0 Å². The highest BCUT2D eigenvalue weighted by Crippen LogP contribution is 2.76. The molecule has 4 heterocycles. The van der Waals surface area contributed by atoms with Crippen LogP contribution in [0.25, 0.3) is 0 Å². The minimum Gasteiger partial charge on any atom is -0.399 e. The Kier molecular flexibility index (Phi) is 3.33.